The maximum Gasteiger partial charge on any atom is 0.254 e. The Morgan fingerprint density at radius 1 is 1.03 bits per heavy atom. The monoisotopic (exact) mass is 442 g/mol. The van der Waals surface area contributed by atoms with Gasteiger partial charge >= 0.3 is 0 Å². The molecule has 1 fully saturated rings. The number of amides is 2. The first-order chi connectivity index (χ1) is 16.0. The molecule has 4 rings (SSSR count). The van der Waals surface area contributed by atoms with Crippen molar-refractivity contribution in [1.29, 1.82) is 0 Å². The van der Waals surface area contributed by atoms with Crippen molar-refractivity contribution in [3.63, 3.8) is 0 Å². The Bertz CT molecular complexity index is 1110. The van der Waals surface area contributed by atoms with Crippen molar-refractivity contribution in [2.24, 2.45) is 0 Å². The molecule has 1 N–H and O–H groups in total. The summed E-state index contributed by atoms with van der Waals surface area (Å²) in [5.41, 5.74) is 4.41. The van der Waals surface area contributed by atoms with Gasteiger partial charge in [0.1, 0.15) is 5.82 Å². The standard InChI is InChI=1S/C27H30N4O2/c1-19-10-12-21(13-11-19)15-25(32)31-14-6-9-23(18-31)26-28-17-24(20(2)30-26)27(33)29-16-22-7-4-3-5-8-22/h3-5,7-8,10-13,17,23H,6,9,14-16,18H2,1-2H3,(H,29,33)/t23-/m1/s1. The van der Waals surface area contributed by atoms with Crippen LogP contribution in [0.25, 0.3) is 0 Å². The number of carbonyl (C=O) groups excluding carboxylic acids is 2. The molecule has 2 heterocycles. The first-order valence-corrected chi connectivity index (χ1v) is 11.5. The Morgan fingerprint density at radius 3 is 2.52 bits per heavy atom. The van der Waals surface area contributed by atoms with Crippen LogP contribution in [-0.4, -0.2) is 39.8 Å². The maximum atomic E-state index is 12.9. The molecule has 1 aromatic heterocycles. The molecule has 1 saturated heterocycles. The molecule has 0 aliphatic carbocycles. The van der Waals surface area contributed by atoms with Gasteiger partial charge in [0, 0.05) is 31.7 Å². The van der Waals surface area contributed by atoms with E-state index < -0.39 is 0 Å². The predicted octanol–water partition coefficient (Wildman–Crippen LogP) is 3.97. The molecule has 0 saturated carbocycles. The van der Waals surface area contributed by atoms with Gasteiger partial charge in [-0.3, -0.25) is 9.59 Å². The fourth-order valence-corrected chi connectivity index (χ4v) is 4.18. The minimum Gasteiger partial charge on any atom is -0.348 e. The van der Waals surface area contributed by atoms with E-state index >= 15 is 0 Å². The molecule has 2 aromatic carbocycles. The highest BCUT2D eigenvalue weighted by molar-refractivity contribution is 5.94. The summed E-state index contributed by atoms with van der Waals surface area (Å²) < 4.78 is 0. The van der Waals surface area contributed by atoms with E-state index in [4.69, 9.17) is 0 Å². The van der Waals surface area contributed by atoms with Gasteiger partial charge in [0.2, 0.25) is 5.91 Å². The van der Waals surface area contributed by atoms with Crippen molar-refractivity contribution < 1.29 is 9.59 Å². The highest BCUT2D eigenvalue weighted by Gasteiger charge is 2.27. The van der Waals surface area contributed by atoms with Gasteiger partial charge in [-0.1, -0.05) is 60.2 Å². The van der Waals surface area contributed by atoms with Crippen molar-refractivity contribution in [1.82, 2.24) is 20.2 Å². The predicted molar refractivity (Wildman–Crippen MR) is 128 cm³/mol. The van der Waals surface area contributed by atoms with Crippen LogP contribution in [0.1, 0.15) is 57.3 Å². The van der Waals surface area contributed by atoms with Crippen LogP contribution in [-0.2, 0) is 17.8 Å². The summed E-state index contributed by atoms with van der Waals surface area (Å²) in [6.07, 6.45) is 3.89. The number of piperidine rings is 1. The number of nitrogens with zero attached hydrogens (tertiary/aromatic N) is 3. The molecule has 6 nitrogen and oxygen atoms in total. The lowest BCUT2D eigenvalue weighted by molar-refractivity contribution is -0.131. The van der Waals surface area contributed by atoms with Gasteiger partial charge in [0.25, 0.3) is 5.91 Å². The van der Waals surface area contributed by atoms with E-state index in [1.165, 1.54) is 5.56 Å². The maximum absolute atomic E-state index is 12.9. The van der Waals surface area contributed by atoms with E-state index in [1.807, 2.05) is 73.3 Å². The second-order valence-electron chi connectivity index (χ2n) is 8.74. The van der Waals surface area contributed by atoms with Crippen molar-refractivity contribution in [3.05, 3.63) is 94.6 Å². The van der Waals surface area contributed by atoms with Crippen LogP contribution >= 0.6 is 0 Å². The Kier molecular flexibility index (Phi) is 7.13. The van der Waals surface area contributed by atoms with Crippen LogP contribution in [0.3, 0.4) is 0 Å². The second-order valence-corrected chi connectivity index (χ2v) is 8.74. The SMILES string of the molecule is Cc1ccc(CC(=O)N2CCC[C@@H](c3ncc(C(=O)NCc4ccccc4)c(C)n3)C2)cc1. The summed E-state index contributed by atoms with van der Waals surface area (Å²) in [5.74, 6) is 0.749. The lowest BCUT2D eigenvalue weighted by Crippen LogP contribution is -2.40. The third-order valence-corrected chi connectivity index (χ3v) is 6.15. The largest absolute Gasteiger partial charge is 0.348 e. The number of benzene rings is 2. The number of nitrogens with one attached hydrogen (secondary N) is 1. The highest BCUT2D eigenvalue weighted by Crippen LogP contribution is 2.25. The number of hydrogen-bond acceptors (Lipinski definition) is 4. The molecule has 3 aromatic rings. The number of hydrogen-bond donors (Lipinski definition) is 1. The summed E-state index contributed by atoms with van der Waals surface area (Å²) in [5, 5.41) is 2.93. The molecule has 0 bridgehead atoms. The average Bonchev–Trinajstić information content (AvgIpc) is 2.84. The number of aryl methyl sites for hydroxylation is 2. The molecule has 1 atom stereocenters. The first kappa shape index (κ1) is 22.6. The van der Waals surface area contributed by atoms with E-state index in [1.54, 1.807) is 6.20 Å². The van der Waals surface area contributed by atoms with Gasteiger partial charge in [0.05, 0.1) is 17.7 Å². The van der Waals surface area contributed by atoms with Crippen molar-refractivity contribution in [2.75, 3.05) is 13.1 Å². The van der Waals surface area contributed by atoms with Gasteiger partial charge < -0.3 is 10.2 Å². The molecule has 33 heavy (non-hydrogen) atoms. The van der Waals surface area contributed by atoms with Gasteiger partial charge in [0.15, 0.2) is 0 Å². The first-order valence-electron chi connectivity index (χ1n) is 11.5. The Balaban J connectivity index is 1.38. The zero-order valence-electron chi connectivity index (χ0n) is 19.3. The molecule has 2 amide bonds. The average molecular weight is 443 g/mol. The van der Waals surface area contributed by atoms with E-state index in [-0.39, 0.29) is 17.7 Å². The number of aromatic nitrogens is 2. The van der Waals surface area contributed by atoms with Gasteiger partial charge in [-0.2, -0.15) is 0 Å². The zero-order valence-corrected chi connectivity index (χ0v) is 19.3. The van der Waals surface area contributed by atoms with Crippen LogP contribution in [0, 0.1) is 13.8 Å². The van der Waals surface area contributed by atoms with Crippen LogP contribution in [0.4, 0.5) is 0 Å². The number of likely N-dealkylation sites (tertiary alicyclic amines) is 1. The van der Waals surface area contributed by atoms with Crippen molar-refractivity contribution >= 4 is 11.8 Å². The van der Waals surface area contributed by atoms with E-state index in [0.29, 0.717) is 36.6 Å². The smallest absolute Gasteiger partial charge is 0.254 e. The van der Waals surface area contributed by atoms with Crippen LogP contribution < -0.4 is 5.32 Å². The molecule has 1 aliphatic heterocycles. The van der Waals surface area contributed by atoms with Gasteiger partial charge in [-0.25, -0.2) is 9.97 Å². The van der Waals surface area contributed by atoms with Crippen LogP contribution in [0.15, 0.2) is 60.8 Å². The molecular formula is C27H30N4O2. The van der Waals surface area contributed by atoms with Crippen LogP contribution in [0.5, 0.6) is 0 Å². The minimum absolute atomic E-state index is 0.0841. The highest BCUT2D eigenvalue weighted by atomic mass is 16.2. The molecule has 6 heteroatoms. The lowest BCUT2D eigenvalue weighted by Gasteiger charge is -2.32. The summed E-state index contributed by atoms with van der Waals surface area (Å²) in [6.45, 7) is 5.72. The fourth-order valence-electron chi connectivity index (χ4n) is 4.18. The number of carbonyl (C=O) groups is 2. The minimum atomic E-state index is -0.179. The summed E-state index contributed by atoms with van der Waals surface area (Å²) in [4.78, 5) is 36.6. The van der Waals surface area contributed by atoms with Gasteiger partial charge in [-0.05, 0) is 37.8 Å². The zero-order chi connectivity index (χ0) is 23.2. The second kappa shape index (κ2) is 10.4. The summed E-state index contributed by atoms with van der Waals surface area (Å²) in [7, 11) is 0. The Hall–Kier alpha value is -3.54. The number of rotatable bonds is 6. The molecule has 0 spiro atoms. The van der Waals surface area contributed by atoms with Crippen molar-refractivity contribution in [3.8, 4) is 0 Å². The normalized spacial score (nSPS) is 15.8. The Morgan fingerprint density at radius 2 is 1.79 bits per heavy atom. The molecule has 1 aliphatic rings. The topological polar surface area (TPSA) is 75.2 Å². The van der Waals surface area contributed by atoms with Gasteiger partial charge in [-0.15, -0.1) is 0 Å². The molecular weight excluding hydrogens is 412 g/mol. The third-order valence-electron chi connectivity index (χ3n) is 6.15. The van der Waals surface area contributed by atoms with E-state index in [9.17, 15) is 9.59 Å². The summed E-state index contributed by atoms with van der Waals surface area (Å²) >= 11 is 0. The van der Waals surface area contributed by atoms with E-state index in [2.05, 4.69) is 15.3 Å². The molecule has 0 unspecified atom stereocenters. The fraction of sp³-hybridized carbons (Fsp3) is 0.333. The lowest BCUT2D eigenvalue weighted by atomic mass is 9.96. The molecule has 170 valence electrons. The quantitative estimate of drug-likeness (QED) is 0.627. The summed E-state index contributed by atoms with van der Waals surface area (Å²) in [6, 6.07) is 17.9. The third kappa shape index (κ3) is 5.83. The van der Waals surface area contributed by atoms with Crippen LogP contribution in [0.2, 0.25) is 0 Å². The van der Waals surface area contributed by atoms with E-state index in [0.717, 1.165) is 30.5 Å². The van der Waals surface area contributed by atoms with Crippen molar-refractivity contribution in [2.45, 2.75) is 45.6 Å². The Labute approximate surface area is 195 Å². The molecule has 0 radical (unpaired) electrons.